The normalized spacial score (nSPS) is 13.6. The van der Waals surface area contributed by atoms with Crippen molar-refractivity contribution in [2.45, 2.75) is 38.2 Å². The topological polar surface area (TPSA) is 26.3 Å². The number of methoxy groups -OCH3 is 1. The molecule has 0 radical (unpaired) electrons. The predicted molar refractivity (Wildman–Crippen MR) is 53.4 cm³/mol. The van der Waals surface area contributed by atoms with Crippen LogP contribution in [0.25, 0.3) is 0 Å². The maximum absolute atomic E-state index is 11.2. The second kappa shape index (κ2) is 5.46. The van der Waals surface area contributed by atoms with E-state index in [1.54, 1.807) is 11.8 Å². The third-order valence-electron chi connectivity index (χ3n) is 1.46. The fourth-order valence-corrected chi connectivity index (χ4v) is 2.00. The summed E-state index contributed by atoms with van der Waals surface area (Å²) in [6.45, 7) is 8.25. The number of carbonyl (C=O) groups is 1. The van der Waals surface area contributed by atoms with Gasteiger partial charge in [0.2, 0.25) is 0 Å². The molecule has 72 valence electrons. The van der Waals surface area contributed by atoms with E-state index in [1.807, 2.05) is 13.8 Å². The van der Waals surface area contributed by atoms with Crippen LogP contribution in [0, 0.1) is 5.92 Å². The average molecular weight is 190 g/mol. The monoisotopic (exact) mass is 190 g/mol. The van der Waals surface area contributed by atoms with E-state index in [9.17, 15) is 4.79 Å². The lowest BCUT2D eigenvalue weighted by atomic mass is 10.1. The van der Waals surface area contributed by atoms with Gasteiger partial charge >= 0.3 is 5.97 Å². The van der Waals surface area contributed by atoms with E-state index in [0.29, 0.717) is 11.2 Å². The van der Waals surface area contributed by atoms with Crippen LogP contribution in [0.5, 0.6) is 0 Å². The minimum absolute atomic E-state index is 0.0185. The Labute approximate surface area is 79.1 Å². The Kier molecular flexibility index (Phi) is 5.38. The van der Waals surface area contributed by atoms with Crippen molar-refractivity contribution in [2.24, 2.45) is 5.92 Å². The molecule has 0 aliphatic heterocycles. The smallest absolute Gasteiger partial charge is 0.319 e. The van der Waals surface area contributed by atoms with Gasteiger partial charge in [0.25, 0.3) is 0 Å². The molecule has 0 N–H and O–H groups in total. The summed E-state index contributed by atoms with van der Waals surface area (Å²) < 4.78 is 4.71. The van der Waals surface area contributed by atoms with E-state index in [2.05, 4.69) is 13.8 Å². The van der Waals surface area contributed by atoms with Crippen LogP contribution in [0.3, 0.4) is 0 Å². The molecule has 0 aliphatic carbocycles. The molecule has 0 aliphatic rings. The van der Waals surface area contributed by atoms with Crippen molar-refractivity contribution in [1.82, 2.24) is 0 Å². The minimum Gasteiger partial charge on any atom is -0.468 e. The van der Waals surface area contributed by atoms with Gasteiger partial charge in [-0.25, -0.2) is 0 Å². The Morgan fingerprint density at radius 1 is 1.25 bits per heavy atom. The van der Waals surface area contributed by atoms with Gasteiger partial charge in [-0.15, -0.1) is 11.8 Å². The molecular formula is C9H18O2S. The van der Waals surface area contributed by atoms with Crippen molar-refractivity contribution in [1.29, 1.82) is 0 Å². The van der Waals surface area contributed by atoms with Gasteiger partial charge < -0.3 is 4.74 Å². The molecule has 0 rings (SSSR count). The lowest BCUT2D eigenvalue weighted by Crippen LogP contribution is -2.25. The largest absolute Gasteiger partial charge is 0.468 e. The summed E-state index contributed by atoms with van der Waals surface area (Å²) in [7, 11) is 1.44. The van der Waals surface area contributed by atoms with E-state index in [-0.39, 0.29) is 11.2 Å². The fraction of sp³-hybridized carbons (Fsp3) is 0.889. The first-order valence-corrected chi connectivity index (χ1v) is 5.16. The average Bonchev–Trinajstić information content (AvgIpc) is 1.98. The lowest BCUT2D eigenvalue weighted by Gasteiger charge is -2.19. The molecule has 0 saturated heterocycles. The van der Waals surface area contributed by atoms with E-state index < -0.39 is 0 Å². The summed E-state index contributed by atoms with van der Waals surface area (Å²) in [6, 6.07) is 0. The third-order valence-corrected chi connectivity index (χ3v) is 3.03. The van der Waals surface area contributed by atoms with Gasteiger partial charge in [-0.1, -0.05) is 27.7 Å². The second-order valence-corrected chi connectivity index (χ2v) is 5.10. The second-order valence-electron chi connectivity index (χ2n) is 3.37. The molecule has 0 aromatic carbocycles. The zero-order chi connectivity index (χ0) is 9.72. The Balaban J connectivity index is 4.13. The molecule has 0 amide bonds. The number of esters is 1. The van der Waals surface area contributed by atoms with E-state index >= 15 is 0 Å². The van der Waals surface area contributed by atoms with E-state index in [1.165, 1.54) is 7.11 Å². The lowest BCUT2D eigenvalue weighted by molar-refractivity contribution is -0.140. The molecule has 2 nitrogen and oxygen atoms in total. The summed E-state index contributed by atoms with van der Waals surface area (Å²) in [6.07, 6.45) is 0. The Morgan fingerprint density at radius 3 is 2.00 bits per heavy atom. The van der Waals surface area contributed by atoms with E-state index in [0.717, 1.165) is 0 Å². The first-order chi connectivity index (χ1) is 5.49. The minimum atomic E-state index is -0.108. The van der Waals surface area contributed by atoms with Gasteiger partial charge in [-0.3, -0.25) is 4.79 Å². The van der Waals surface area contributed by atoms with Crippen LogP contribution in [0.4, 0.5) is 0 Å². The Morgan fingerprint density at radius 2 is 1.75 bits per heavy atom. The molecule has 0 bridgehead atoms. The molecule has 0 saturated carbocycles. The van der Waals surface area contributed by atoms with Gasteiger partial charge in [0.1, 0.15) is 5.25 Å². The van der Waals surface area contributed by atoms with Crippen LogP contribution < -0.4 is 0 Å². The van der Waals surface area contributed by atoms with Crippen molar-refractivity contribution >= 4 is 17.7 Å². The van der Waals surface area contributed by atoms with Gasteiger partial charge in [0, 0.05) is 0 Å². The molecule has 12 heavy (non-hydrogen) atoms. The van der Waals surface area contributed by atoms with Crippen LogP contribution in [-0.2, 0) is 9.53 Å². The predicted octanol–water partition coefficient (Wildman–Crippen LogP) is 2.33. The Bertz CT molecular complexity index is 143. The number of hydrogen-bond donors (Lipinski definition) is 0. The molecule has 1 atom stereocenters. The van der Waals surface area contributed by atoms with Crippen molar-refractivity contribution in [3.8, 4) is 0 Å². The standard InChI is InChI=1S/C9H18O2S/c1-6(2)8(9(10)11-5)12-7(3)4/h6-8H,1-5H3. The van der Waals surface area contributed by atoms with Crippen LogP contribution in [0.15, 0.2) is 0 Å². The molecule has 0 heterocycles. The quantitative estimate of drug-likeness (QED) is 0.636. The molecule has 1 unspecified atom stereocenters. The summed E-state index contributed by atoms with van der Waals surface area (Å²) >= 11 is 1.67. The molecule has 0 aromatic heterocycles. The van der Waals surface area contributed by atoms with Gasteiger partial charge in [0.05, 0.1) is 7.11 Å². The molecular weight excluding hydrogens is 172 g/mol. The summed E-state index contributed by atoms with van der Waals surface area (Å²) in [5.41, 5.74) is 0. The molecule has 0 aromatic rings. The zero-order valence-corrected chi connectivity index (χ0v) is 9.27. The van der Waals surface area contributed by atoms with Gasteiger partial charge in [-0.2, -0.15) is 0 Å². The molecule has 0 spiro atoms. The summed E-state index contributed by atoms with van der Waals surface area (Å²) in [5, 5.41) is 0.450. The highest BCUT2D eigenvalue weighted by Gasteiger charge is 2.24. The highest BCUT2D eigenvalue weighted by atomic mass is 32.2. The van der Waals surface area contributed by atoms with Crippen LogP contribution in [0.1, 0.15) is 27.7 Å². The van der Waals surface area contributed by atoms with Gasteiger partial charge in [0.15, 0.2) is 0 Å². The van der Waals surface area contributed by atoms with Crippen LogP contribution >= 0.6 is 11.8 Å². The number of ether oxygens (including phenoxy) is 1. The van der Waals surface area contributed by atoms with Crippen molar-refractivity contribution in [2.75, 3.05) is 7.11 Å². The maximum atomic E-state index is 11.2. The highest BCUT2D eigenvalue weighted by molar-refractivity contribution is 8.01. The van der Waals surface area contributed by atoms with Crippen molar-refractivity contribution in [3.63, 3.8) is 0 Å². The first kappa shape index (κ1) is 11.8. The SMILES string of the molecule is COC(=O)C(SC(C)C)C(C)C. The van der Waals surface area contributed by atoms with Crippen molar-refractivity contribution in [3.05, 3.63) is 0 Å². The first-order valence-electron chi connectivity index (χ1n) is 4.22. The summed E-state index contributed by atoms with van der Waals surface area (Å²) in [4.78, 5) is 11.2. The fourth-order valence-electron chi connectivity index (χ4n) is 0.894. The molecule has 3 heteroatoms. The van der Waals surface area contributed by atoms with Crippen molar-refractivity contribution < 1.29 is 9.53 Å². The van der Waals surface area contributed by atoms with Crippen LogP contribution in [-0.4, -0.2) is 23.6 Å². The number of carbonyl (C=O) groups excluding carboxylic acids is 1. The number of thioether (sulfide) groups is 1. The van der Waals surface area contributed by atoms with E-state index in [4.69, 9.17) is 4.74 Å². The number of rotatable bonds is 4. The van der Waals surface area contributed by atoms with Crippen LogP contribution in [0.2, 0.25) is 0 Å². The maximum Gasteiger partial charge on any atom is 0.319 e. The molecule has 0 fully saturated rings. The van der Waals surface area contributed by atoms with Gasteiger partial charge in [-0.05, 0) is 11.2 Å². The summed E-state index contributed by atoms with van der Waals surface area (Å²) in [5.74, 6) is 0.230. The third kappa shape index (κ3) is 4.00. The Hall–Kier alpha value is -0.180. The number of hydrogen-bond acceptors (Lipinski definition) is 3. The zero-order valence-electron chi connectivity index (χ0n) is 8.46. The highest BCUT2D eigenvalue weighted by Crippen LogP contribution is 2.24.